The SMILES string of the molecule is COc1ccccc1CNC(=O)CCCn1nc(-c2cccnc2)ccc1=O. The summed E-state index contributed by atoms with van der Waals surface area (Å²) in [5.74, 6) is 0.660. The van der Waals surface area contributed by atoms with Gasteiger partial charge < -0.3 is 10.1 Å². The van der Waals surface area contributed by atoms with E-state index in [2.05, 4.69) is 15.4 Å². The Bertz CT molecular complexity index is 986. The van der Waals surface area contributed by atoms with E-state index in [0.29, 0.717) is 31.6 Å². The lowest BCUT2D eigenvalue weighted by molar-refractivity contribution is -0.121. The Morgan fingerprint density at radius 1 is 1.14 bits per heavy atom. The maximum atomic E-state index is 12.1. The van der Waals surface area contributed by atoms with Crippen molar-refractivity contribution in [2.24, 2.45) is 0 Å². The molecule has 0 fully saturated rings. The highest BCUT2D eigenvalue weighted by atomic mass is 16.5. The molecule has 2 heterocycles. The predicted molar refractivity (Wildman–Crippen MR) is 106 cm³/mol. The number of ether oxygens (including phenoxy) is 1. The van der Waals surface area contributed by atoms with Crippen molar-refractivity contribution in [2.45, 2.75) is 25.9 Å². The van der Waals surface area contributed by atoms with E-state index in [-0.39, 0.29) is 11.5 Å². The molecule has 7 heteroatoms. The van der Waals surface area contributed by atoms with Crippen molar-refractivity contribution in [1.29, 1.82) is 0 Å². The molecule has 1 aromatic carbocycles. The Morgan fingerprint density at radius 2 is 2.00 bits per heavy atom. The monoisotopic (exact) mass is 378 g/mol. The van der Waals surface area contributed by atoms with Gasteiger partial charge in [-0.1, -0.05) is 18.2 Å². The first-order valence-corrected chi connectivity index (χ1v) is 9.04. The van der Waals surface area contributed by atoms with Crippen LogP contribution in [-0.4, -0.2) is 27.8 Å². The summed E-state index contributed by atoms with van der Waals surface area (Å²) in [6, 6.07) is 14.4. The van der Waals surface area contributed by atoms with Crippen molar-refractivity contribution in [3.05, 3.63) is 76.8 Å². The van der Waals surface area contributed by atoms with Crippen LogP contribution in [0.5, 0.6) is 5.75 Å². The minimum absolute atomic E-state index is 0.0811. The van der Waals surface area contributed by atoms with Gasteiger partial charge in [-0.05, 0) is 30.7 Å². The van der Waals surface area contributed by atoms with Crippen molar-refractivity contribution in [3.8, 4) is 17.0 Å². The molecule has 0 saturated heterocycles. The maximum absolute atomic E-state index is 12.1. The number of nitrogens with one attached hydrogen (secondary N) is 1. The van der Waals surface area contributed by atoms with Crippen LogP contribution in [0.15, 0.2) is 65.7 Å². The number of hydrogen-bond acceptors (Lipinski definition) is 5. The number of aromatic nitrogens is 3. The van der Waals surface area contributed by atoms with Crippen LogP contribution < -0.4 is 15.6 Å². The number of benzene rings is 1. The number of aryl methyl sites for hydroxylation is 1. The number of amides is 1. The number of nitrogens with zero attached hydrogens (tertiary/aromatic N) is 3. The van der Waals surface area contributed by atoms with Crippen molar-refractivity contribution in [2.75, 3.05) is 7.11 Å². The molecule has 0 atom stereocenters. The summed E-state index contributed by atoms with van der Waals surface area (Å²) >= 11 is 0. The third-order valence-electron chi connectivity index (χ3n) is 4.27. The van der Waals surface area contributed by atoms with Crippen LogP contribution in [-0.2, 0) is 17.9 Å². The Hall–Kier alpha value is -3.48. The number of carbonyl (C=O) groups excluding carboxylic acids is 1. The molecule has 1 N–H and O–H groups in total. The van der Waals surface area contributed by atoms with Crippen LogP contribution in [0.25, 0.3) is 11.3 Å². The topological polar surface area (TPSA) is 86.1 Å². The van der Waals surface area contributed by atoms with Gasteiger partial charge in [0.1, 0.15) is 5.75 Å². The van der Waals surface area contributed by atoms with Gasteiger partial charge in [-0.15, -0.1) is 0 Å². The number of para-hydroxylation sites is 1. The van der Waals surface area contributed by atoms with Crippen molar-refractivity contribution >= 4 is 5.91 Å². The molecule has 0 aliphatic carbocycles. The maximum Gasteiger partial charge on any atom is 0.266 e. The summed E-state index contributed by atoms with van der Waals surface area (Å²) in [6.07, 6.45) is 4.20. The summed E-state index contributed by atoms with van der Waals surface area (Å²) in [5.41, 5.74) is 2.24. The number of methoxy groups -OCH3 is 1. The van der Waals surface area contributed by atoms with E-state index in [4.69, 9.17) is 4.74 Å². The van der Waals surface area contributed by atoms with Crippen molar-refractivity contribution in [1.82, 2.24) is 20.1 Å². The molecule has 0 aliphatic heterocycles. The molecule has 1 amide bonds. The van der Waals surface area contributed by atoms with Gasteiger partial charge in [0.05, 0.1) is 12.8 Å². The van der Waals surface area contributed by atoms with Crippen LogP contribution in [0.1, 0.15) is 18.4 Å². The second-order valence-electron chi connectivity index (χ2n) is 6.21. The number of hydrogen-bond donors (Lipinski definition) is 1. The molecule has 3 aromatic rings. The van der Waals surface area contributed by atoms with Crippen LogP contribution >= 0.6 is 0 Å². The molecular weight excluding hydrogens is 356 g/mol. The second-order valence-corrected chi connectivity index (χ2v) is 6.21. The highest BCUT2D eigenvalue weighted by molar-refractivity contribution is 5.75. The fraction of sp³-hybridized carbons (Fsp3) is 0.238. The summed E-state index contributed by atoms with van der Waals surface area (Å²) in [5, 5.41) is 7.25. The first kappa shape index (κ1) is 19.3. The molecular formula is C21H22N4O3. The zero-order chi connectivity index (χ0) is 19.8. The normalized spacial score (nSPS) is 10.5. The third-order valence-corrected chi connectivity index (χ3v) is 4.27. The first-order valence-electron chi connectivity index (χ1n) is 9.04. The summed E-state index contributed by atoms with van der Waals surface area (Å²) < 4.78 is 6.66. The van der Waals surface area contributed by atoms with Gasteiger partial charge in [0.15, 0.2) is 0 Å². The molecule has 0 bridgehead atoms. The molecule has 3 rings (SSSR count). The van der Waals surface area contributed by atoms with Gasteiger partial charge >= 0.3 is 0 Å². The van der Waals surface area contributed by atoms with E-state index in [0.717, 1.165) is 16.9 Å². The number of carbonyl (C=O) groups is 1. The number of pyridine rings is 1. The van der Waals surface area contributed by atoms with Gasteiger partial charge in [-0.25, -0.2) is 4.68 Å². The zero-order valence-corrected chi connectivity index (χ0v) is 15.7. The highest BCUT2D eigenvalue weighted by Gasteiger charge is 2.07. The van der Waals surface area contributed by atoms with Gasteiger partial charge in [0.25, 0.3) is 5.56 Å². The summed E-state index contributed by atoms with van der Waals surface area (Å²) in [7, 11) is 1.60. The quantitative estimate of drug-likeness (QED) is 0.651. The van der Waals surface area contributed by atoms with E-state index in [9.17, 15) is 9.59 Å². The fourth-order valence-corrected chi connectivity index (χ4v) is 2.80. The van der Waals surface area contributed by atoms with E-state index in [1.807, 2.05) is 36.4 Å². The molecule has 0 saturated carbocycles. The molecule has 7 nitrogen and oxygen atoms in total. The lowest BCUT2D eigenvalue weighted by Gasteiger charge is -2.10. The van der Waals surface area contributed by atoms with E-state index in [1.54, 1.807) is 25.6 Å². The summed E-state index contributed by atoms with van der Waals surface area (Å²) in [6.45, 7) is 0.770. The van der Waals surface area contributed by atoms with Crippen molar-refractivity contribution in [3.63, 3.8) is 0 Å². The van der Waals surface area contributed by atoms with Crippen LogP contribution in [0.2, 0.25) is 0 Å². The Balaban J connectivity index is 1.53. The Morgan fingerprint density at radius 3 is 2.79 bits per heavy atom. The van der Waals surface area contributed by atoms with Gasteiger partial charge in [0, 0.05) is 49.1 Å². The Kier molecular flexibility index (Phi) is 6.51. The Labute approximate surface area is 163 Å². The molecule has 2 aromatic heterocycles. The molecule has 144 valence electrons. The minimum Gasteiger partial charge on any atom is -0.496 e. The van der Waals surface area contributed by atoms with E-state index < -0.39 is 0 Å². The van der Waals surface area contributed by atoms with Gasteiger partial charge in [-0.2, -0.15) is 5.10 Å². The minimum atomic E-state index is -0.193. The molecule has 28 heavy (non-hydrogen) atoms. The fourth-order valence-electron chi connectivity index (χ4n) is 2.80. The highest BCUT2D eigenvalue weighted by Crippen LogP contribution is 2.16. The molecule has 0 radical (unpaired) electrons. The largest absolute Gasteiger partial charge is 0.496 e. The second kappa shape index (κ2) is 9.45. The third kappa shape index (κ3) is 5.03. The molecule has 0 unspecified atom stereocenters. The predicted octanol–water partition coefficient (Wildman–Crippen LogP) is 2.41. The smallest absolute Gasteiger partial charge is 0.266 e. The van der Waals surface area contributed by atoms with Gasteiger partial charge in [0.2, 0.25) is 5.91 Å². The summed E-state index contributed by atoms with van der Waals surface area (Å²) in [4.78, 5) is 28.2. The average molecular weight is 378 g/mol. The van der Waals surface area contributed by atoms with Gasteiger partial charge in [-0.3, -0.25) is 14.6 Å². The van der Waals surface area contributed by atoms with Crippen LogP contribution in [0.4, 0.5) is 0 Å². The standard InChI is InChI=1S/C21H22N4O3/c1-28-19-8-3-2-6-17(19)15-23-20(26)9-5-13-25-21(27)11-10-18(24-25)16-7-4-12-22-14-16/h2-4,6-8,10-12,14H,5,9,13,15H2,1H3,(H,23,26). The average Bonchev–Trinajstić information content (AvgIpc) is 2.74. The first-order chi connectivity index (χ1) is 13.7. The van der Waals surface area contributed by atoms with E-state index in [1.165, 1.54) is 10.7 Å². The van der Waals surface area contributed by atoms with Crippen LogP contribution in [0, 0.1) is 0 Å². The molecule has 0 spiro atoms. The van der Waals surface area contributed by atoms with Crippen LogP contribution in [0.3, 0.4) is 0 Å². The number of rotatable bonds is 8. The van der Waals surface area contributed by atoms with Crippen molar-refractivity contribution < 1.29 is 9.53 Å². The zero-order valence-electron chi connectivity index (χ0n) is 15.7. The molecule has 0 aliphatic rings. The van der Waals surface area contributed by atoms with E-state index >= 15 is 0 Å². The lowest BCUT2D eigenvalue weighted by atomic mass is 10.2. The lowest BCUT2D eigenvalue weighted by Crippen LogP contribution is -2.25.